The van der Waals surface area contributed by atoms with E-state index in [-0.39, 0.29) is 5.91 Å². The summed E-state index contributed by atoms with van der Waals surface area (Å²) in [6.07, 6.45) is 2.76. The number of anilines is 1. The lowest BCUT2D eigenvalue weighted by Gasteiger charge is -2.18. The zero-order chi connectivity index (χ0) is 23.8. The molecule has 5 rings (SSSR count). The van der Waals surface area contributed by atoms with Crippen LogP contribution in [0, 0.1) is 12.8 Å². The average molecular weight is 471 g/mol. The molecule has 2 aromatic carbocycles. The third kappa shape index (κ3) is 4.10. The number of methoxy groups -OCH3 is 1. The van der Waals surface area contributed by atoms with Gasteiger partial charge in [-0.15, -0.1) is 11.3 Å². The number of hydrogen-bond acceptors (Lipinski definition) is 5. The van der Waals surface area contributed by atoms with Crippen molar-refractivity contribution in [2.45, 2.75) is 33.1 Å². The molecule has 5 nitrogen and oxygen atoms in total. The van der Waals surface area contributed by atoms with E-state index in [0.717, 1.165) is 57.4 Å². The molecule has 1 N–H and O–H groups in total. The molecule has 0 bridgehead atoms. The van der Waals surface area contributed by atoms with Gasteiger partial charge in [0.1, 0.15) is 5.00 Å². The first-order valence-corrected chi connectivity index (χ1v) is 12.3. The van der Waals surface area contributed by atoms with Gasteiger partial charge < -0.3 is 10.1 Å². The number of nitrogens with zero attached hydrogens (tertiary/aromatic N) is 1. The lowest BCUT2D eigenvalue weighted by molar-refractivity contribution is 0.0601. The molecular formula is C28H26N2O3S. The fourth-order valence-electron chi connectivity index (χ4n) is 4.64. The normalized spacial score (nSPS) is 15.1. The van der Waals surface area contributed by atoms with Crippen molar-refractivity contribution in [3.63, 3.8) is 0 Å². The first kappa shape index (κ1) is 22.3. The molecule has 6 heteroatoms. The number of esters is 1. The summed E-state index contributed by atoms with van der Waals surface area (Å²) in [4.78, 5) is 32.3. The van der Waals surface area contributed by atoms with Crippen molar-refractivity contribution in [2.75, 3.05) is 12.4 Å². The highest BCUT2D eigenvalue weighted by Gasteiger charge is 2.29. The van der Waals surface area contributed by atoms with E-state index in [9.17, 15) is 9.59 Å². The quantitative estimate of drug-likeness (QED) is 0.349. The maximum absolute atomic E-state index is 13.6. The number of carbonyl (C=O) groups is 2. The zero-order valence-corrected chi connectivity index (χ0v) is 20.3. The van der Waals surface area contributed by atoms with Crippen molar-refractivity contribution in [1.82, 2.24) is 4.98 Å². The number of aryl methyl sites for hydroxylation is 1. The predicted octanol–water partition coefficient (Wildman–Crippen LogP) is 6.44. The Morgan fingerprint density at radius 2 is 1.94 bits per heavy atom. The molecular weight excluding hydrogens is 444 g/mol. The number of hydrogen-bond donors (Lipinski definition) is 1. The minimum absolute atomic E-state index is 0.260. The van der Waals surface area contributed by atoms with Gasteiger partial charge in [-0.3, -0.25) is 4.79 Å². The van der Waals surface area contributed by atoms with Gasteiger partial charge in [-0.25, -0.2) is 9.78 Å². The van der Waals surface area contributed by atoms with Gasteiger partial charge in [0.25, 0.3) is 5.91 Å². The molecule has 0 saturated carbocycles. The van der Waals surface area contributed by atoms with Gasteiger partial charge in [0.05, 0.1) is 29.4 Å². The molecule has 0 aliphatic heterocycles. The van der Waals surface area contributed by atoms with Crippen LogP contribution >= 0.6 is 11.3 Å². The molecule has 1 aliphatic carbocycles. The SMILES string of the molecule is COC(=O)c1c(NC(=O)c2cc(-c3cccc(C)c3)nc3ccccc23)sc2c1CC[C@@H](C)C2. The summed E-state index contributed by atoms with van der Waals surface area (Å²) in [6.45, 7) is 4.25. The lowest BCUT2D eigenvalue weighted by Crippen LogP contribution is -2.16. The topological polar surface area (TPSA) is 68.3 Å². The smallest absolute Gasteiger partial charge is 0.341 e. The Morgan fingerprint density at radius 1 is 1.12 bits per heavy atom. The summed E-state index contributed by atoms with van der Waals surface area (Å²) < 4.78 is 5.08. The van der Waals surface area contributed by atoms with Crippen molar-refractivity contribution in [2.24, 2.45) is 5.92 Å². The summed E-state index contributed by atoms with van der Waals surface area (Å²) >= 11 is 1.49. The molecule has 2 aromatic heterocycles. The van der Waals surface area contributed by atoms with Gasteiger partial charge in [0.2, 0.25) is 0 Å². The molecule has 2 heterocycles. The van der Waals surface area contributed by atoms with E-state index in [2.05, 4.69) is 18.3 Å². The van der Waals surface area contributed by atoms with Gasteiger partial charge in [-0.05, 0) is 55.9 Å². The van der Waals surface area contributed by atoms with Gasteiger partial charge in [-0.1, -0.05) is 48.9 Å². The zero-order valence-electron chi connectivity index (χ0n) is 19.5. The number of amides is 1. The average Bonchev–Trinajstić information content (AvgIpc) is 3.19. The van der Waals surface area contributed by atoms with E-state index in [4.69, 9.17) is 9.72 Å². The predicted molar refractivity (Wildman–Crippen MR) is 137 cm³/mol. The van der Waals surface area contributed by atoms with Crippen LogP contribution in [0.5, 0.6) is 0 Å². The Balaban J connectivity index is 1.59. The van der Waals surface area contributed by atoms with Crippen molar-refractivity contribution < 1.29 is 14.3 Å². The standard InChI is InChI=1S/C28H26N2O3S/c1-16-7-6-8-18(13-16)23-15-21(19-9-4-5-10-22(19)29-23)26(31)30-27-25(28(32)33-3)20-12-11-17(2)14-24(20)34-27/h4-10,13,15,17H,11-12,14H2,1-3H3,(H,30,31)/t17-/m1/s1. The van der Waals surface area contributed by atoms with Crippen LogP contribution in [-0.4, -0.2) is 24.0 Å². The highest BCUT2D eigenvalue weighted by Crippen LogP contribution is 2.40. The van der Waals surface area contributed by atoms with Crippen molar-refractivity contribution >= 4 is 39.1 Å². The summed E-state index contributed by atoms with van der Waals surface area (Å²) in [7, 11) is 1.38. The maximum atomic E-state index is 13.6. The number of benzene rings is 2. The van der Waals surface area contributed by atoms with Crippen LogP contribution in [0.4, 0.5) is 5.00 Å². The second-order valence-electron chi connectivity index (χ2n) is 8.94. The number of rotatable bonds is 4. The monoisotopic (exact) mass is 470 g/mol. The second kappa shape index (κ2) is 9.03. The largest absolute Gasteiger partial charge is 0.465 e. The minimum Gasteiger partial charge on any atom is -0.465 e. The Hall–Kier alpha value is -3.51. The van der Waals surface area contributed by atoms with Crippen LogP contribution in [0.25, 0.3) is 22.2 Å². The van der Waals surface area contributed by atoms with E-state index in [1.54, 1.807) is 0 Å². The number of pyridine rings is 1. The molecule has 0 saturated heterocycles. The van der Waals surface area contributed by atoms with E-state index in [1.807, 2.05) is 55.5 Å². The molecule has 0 fully saturated rings. The van der Waals surface area contributed by atoms with E-state index >= 15 is 0 Å². The number of fused-ring (bicyclic) bond motifs is 2. The first-order chi connectivity index (χ1) is 16.4. The summed E-state index contributed by atoms with van der Waals surface area (Å²) in [5, 5.41) is 4.38. The minimum atomic E-state index is -0.401. The van der Waals surface area contributed by atoms with Crippen LogP contribution in [0.15, 0.2) is 54.6 Å². The molecule has 0 radical (unpaired) electrons. The molecule has 0 unspecified atom stereocenters. The van der Waals surface area contributed by atoms with Crippen LogP contribution < -0.4 is 5.32 Å². The van der Waals surface area contributed by atoms with Crippen LogP contribution in [-0.2, 0) is 17.6 Å². The van der Waals surface area contributed by atoms with Gasteiger partial charge in [-0.2, -0.15) is 0 Å². The second-order valence-corrected chi connectivity index (χ2v) is 10.0. The number of aromatic nitrogens is 1. The van der Waals surface area contributed by atoms with Crippen molar-refractivity contribution in [3.05, 3.63) is 81.7 Å². The molecule has 1 atom stereocenters. The fourth-order valence-corrected chi connectivity index (χ4v) is 6.04. The Kier molecular flexibility index (Phi) is 5.92. The van der Waals surface area contributed by atoms with E-state index < -0.39 is 5.97 Å². The highest BCUT2D eigenvalue weighted by molar-refractivity contribution is 7.17. The lowest BCUT2D eigenvalue weighted by atomic mass is 9.88. The maximum Gasteiger partial charge on any atom is 0.341 e. The van der Waals surface area contributed by atoms with E-state index in [0.29, 0.717) is 22.0 Å². The number of carbonyl (C=O) groups excluding carboxylic acids is 2. The molecule has 34 heavy (non-hydrogen) atoms. The molecule has 0 spiro atoms. The third-order valence-electron chi connectivity index (χ3n) is 6.40. The highest BCUT2D eigenvalue weighted by atomic mass is 32.1. The molecule has 1 amide bonds. The number of ether oxygens (including phenoxy) is 1. The number of thiophene rings is 1. The Morgan fingerprint density at radius 3 is 2.74 bits per heavy atom. The summed E-state index contributed by atoms with van der Waals surface area (Å²) in [5.74, 6) is -0.104. The summed E-state index contributed by atoms with van der Waals surface area (Å²) in [5.41, 5.74) is 5.61. The van der Waals surface area contributed by atoms with Crippen LogP contribution in [0.2, 0.25) is 0 Å². The Bertz CT molecular complexity index is 1420. The molecule has 172 valence electrons. The van der Waals surface area contributed by atoms with Crippen LogP contribution in [0.3, 0.4) is 0 Å². The number of para-hydroxylation sites is 1. The third-order valence-corrected chi connectivity index (χ3v) is 7.57. The van der Waals surface area contributed by atoms with Gasteiger partial charge >= 0.3 is 5.97 Å². The van der Waals surface area contributed by atoms with E-state index in [1.165, 1.54) is 18.4 Å². The molecule has 1 aliphatic rings. The molecule has 4 aromatic rings. The summed E-state index contributed by atoms with van der Waals surface area (Å²) in [6, 6.07) is 17.5. The number of nitrogens with one attached hydrogen (secondary N) is 1. The van der Waals surface area contributed by atoms with Gasteiger partial charge in [0, 0.05) is 15.8 Å². The van der Waals surface area contributed by atoms with Crippen molar-refractivity contribution in [1.29, 1.82) is 0 Å². The van der Waals surface area contributed by atoms with Crippen LogP contribution in [0.1, 0.15) is 50.1 Å². The Labute approximate surface area is 202 Å². The van der Waals surface area contributed by atoms with Gasteiger partial charge in [0.15, 0.2) is 0 Å². The first-order valence-electron chi connectivity index (χ1n) is 11.5. The fraction of sp³-hybridized carbons (Fsp3) is 0.250. The van der Waals surface area contributed by atoms with Crippen molar-refractivity contribution in [3.8, 4) is 11.3 Å².